The van der Waals surface area contributed by atoms with Crippen LogP contribution >= 0.6 is 0 Å². The van der Waals surface area contributed by atoms with Crippen molar-refractivity contribution in [3.8, 4) is 5.69 Å². The summed E-state index contributed by atoms with van der Waals surface area (Å²) in [6, 6.07) is 8.20. The van der Waals surface area contributed by atoms with Crippen LogP contribution in [0.15, 0.2) is 36.7 Å². The average molecular weight is 313 g/mol. The van der Waals surface area contributed by atoms with Gasteiger partial charge in [0.15, 0.2) is 0 Å². The van der Waals surface area contributed by atoms with Crippen molar-refractivity contribution in [1.29, 1.82) is 0 Å². The van der Waals surface area contributed by atoms with Crippen LogP contribution in [0, 0.1) is 12.8 Å². The molecule has 4 heteroatoms. The molecule has 0 aliphatic heterocycles. The van der Waals surface area contributed by atoms with Crippen LogP contribution in [0.25, 0.3) is 5.69 Å². The highest BCUT2D eigenvalue weighted by Crippen LogP contribution is 2.31. The van der Waals surface area contributed by atoms with Gasteiger partial charge < -0.3 is 4.90 Å². The number of carbonyl (C=O) groups is 1. The predicted octanol–water partition coefficient (Wildman–Crippen LogP) is 3.97. The van der Waals surface area contributed by atoms with E-state index in [2.05, 4.69) is 30.2 Å². The second-order valence-corrected chi connectivity index (χ2v) is 5.69. The maximum Gasteiger partial charge on any atom is 0.225 e. The molecule has 1 amide bonds. The maximum absolute atomic E-state index is 12.3. The molecule has 3 rings (SSSR count). The summed E-state index contributed by atoms with van der Waals surface area (Å²) in [5.41, 5.74) is 3.45. The highest BCUT2D eigenvalue weighted by atomic mass is 16.2. The Morgan fingerprint density at radius 2 is 2.09 bits per heavy atom. The summed E-state index contributed by atoms with van der Waals surface area (Å²) in [7, 11) is 0. The summed E-state index contributed by atoms with van der Waals surface area (Å²) < 4.78 is 1.85. The molecule has 0 atom stereocenters. The summed E-state index contributed by atoms with van der Waals surface area (Å²) in [6.07, 6.45) is 5.82. The van der Waals surface area contributed by atoms with Crippen molar-refractivity contribution in [2.24, 2.45) is 5.92 Å². The summed E-state index contributed by atoms with van der Waals surface area (Å²) in [5, 5.41) is 4.27. The van der Waals surface area contributed by atoms with Gasteiger partial charge in [-0.15, -0.1) is 0 Å². The van der Waals surface area contributed by atoms with E-state index >= 15 is 0 Å². The zero-order valence-electron chi connectivity index (χ0n) is 14.6. The number of aromatic nitrogens is 2. The number of rotatable bonds is 5. The van der Waals surface area contributed by atoms with Crippen LogP contribution < -0.4 is 0 Å². The highest BCUT2D eigenvalue weighted by molar-refractivity contribution is 5.81. The number of aryl methyl sites for hydroxylation is 1. The molecule has 1 aromatic carbocycles. The van der Waals surface area contributed by atoms with Gasteiger partial charge in [-0.05, 0) is 56.0 Å². The first-order valence-corrected chi connectivity index (χ1v) is 8.57. The molecule has 1 aliphatic rings. The second kappa shape index (κ2) is 7.95. The Hall–Kier alpha value is -2.10. The molecule has 1 saturated carbocycles. The first kappa shape index (κ1) is 17.3. The van der Waals surface area contributed by atoms with E-state index in [4.69, 9.17) is 0 Å². The molecule has 0 bridgehead atoms. The molecule has 0 radical (unpaired) electrons. The third-order valence-corrected chi connectivity index (χ3v) is 4.08. The van der Waals surface area contributed by atoms with Gasteiger partial charge >= 0.3 is 0 Å². The van der Waals surface area contributed by atoms with E-state index in [0.717, 1.165) is 25.1 Å². The molecule has 0 unspecified atom stereocenters. The van der Waals surface area contributed by atoms with Gasteiger partial charge in [-0.2, -0.15) is 5.10 Å². The quantitative estimate of drug-likeness (QED) is 0.838. The Balaban J connectivity index is 0.000000924. The Kier molecular flexibility index (Phi) is 5.97. The molecule has 2 aromatic rings. The van der Waals surface area contributed by atoms with Gasteiger partial charge in [-0.1, -0.05) is 19.9 Å². The minimum Gasteiger partial charge on any atom is -0.338 e. The number of hydrogen-bond acceptors (Lipinski definition) is 2. The van der Waals surface area contributed by atoms with E-state index in [-0.39, 0.29) is 5.92 Å². The molecule has 1 heterocycles. The van der Waals surface area contributed by atoms with E-state index in [1.807, 2.05) is 42.6 Å². The molecule has 0 saturated heterocycles. The zero-order chi connectivity index (χ0) is 16.8. The van der Waals surface area contributed by atoms with Crippen LogP contribution in [0.4, 0.5) is 0 Å². The van der Waals surface area contributed by atoms with Crippen molar-refractivity contribution < 1.29 is 4.79 Å². The standard InChI is InChI=1S/C17H21N3O.C2H6/c1-3-19(17(21)14-6-7-14)12-15-11-16(8-5-13(15)2)20-10-4-9-18-20;1-2/h4-5,8-11,14H,3,6-7,12H2,1-2H3;1-2H3. The van der Waals surface area contributed by atoms with Crippen molar-refractivity contribution in [1.82, 2.24) is 14.7 Å². The lowest BCUT2D eigenvalue weighted by molar-refractivity contribution is -0.132. The average Bonchev–Trinajstić information content (AvgIpc) is 3.30. The van der Waals surface area contributed by atoms with Gasteiger partial charge in [0.1, 0.15) is 0 Å². The van der Waals surface area contributed by atoms with E-state index in [1.165, 1.54) is 11.1 Å². The third-order valence-electron chi connectivity index (χ3n) is 4.08. The molecular formula is C19H27N3O. The number of carbonyl (C=O) groups excluding carboxylic acids is 1. The Morgan fingerprint density at radius 1 is 1.35 bits per heavy atom. The van der Waals surface area contributed by atoms with Crippen LogP contribution in [0.3, 0.4) is 0 Å². The molecule has 23 heavy (non-hydrogen) atoms. The fraction of sp³-hybridized carbons (Fsp3) is 0.474. The van der Waals surface area contributed by atoms with Gasteiger partial charge in [0.25, 0.3) is 0 Å². The fourth-order valence-electron chi connectivity index (χ4n) is 2.53. The molecule has 1 aliphatic carbocycles. The van der Waals surface area contributed by atoms with E-state index in [0.29, 0.717) is 12.5 Å². The van der Waals surface area contributed by atoms with Gasteiger partial charge in [0.2, 0.25) is 5.91 Å². The summed E-state index contributed by atoms with van der Waals surface area (Å²) in [6.45, 7) is 9.60. The molecule has 1 fully saturated rings. The summed E-state index contributed by atoms with van der Waals surface area (Å²) in [4.78, 5) is 14.2. The lowest BCUT2D eigenvalue weighted by Crippen LogP contribution is -2.31. The van der Waals surface area contributed by atoms with Crippen molar-refractivity contribution >= 4 is 5.91 Å². The molecule has 124 valence electrons. The van der Waals surface area contributed by atoms with Gasteiger partial charge in [0.05, 0.1) is 5.69 Å². The smallest absolute Gasteiger partial charge is 0.225 e. The van der Waals surface area contributed by atoms with E-state index in [1.54, 1.807) is 6.20 Å². The van der Waals surface area contributed by atoms with Crippen molar-refractivity contribution in [3.63, 3.8) is 0 Å². The minimum absolute atomic E-state index is 0.277. The van der Waals surface area contributed by atoms with Crippen molar-refractivity contribution in [3.05, 3.63) is 47.8 Å². The summed E-state index contributed by atoms with van der Waals surface area (Å²) in [5.74, 6) is 0.584. The Morgan fingerprint density at radius 3 is 2.65 bits per heavy atom. The van der Waals surface area contributed by atoms with Crippen LogP contribution in [-0.2, 0) is 11.3 Å². The summed E-state index contributed by atoms with van der Waals surface area (Å²) >= 11 is 0. The Bertz CT molecular complexity index is 630. The largest absolute Gasteiger partial charge is 0.338 e. The second-order valence-electron chi connectivity index (χ2n) is 5.69. The van der Waals surface area contributed by atoms with Crippen molar-refractivity contribution in [2.75, 3.05) is 6.54 Å². The number of amides is 1. The SMILES string of the molecule is CC.CCN(Cc1cc(-n2cccn2)ccc1C)C(=O)C1CC1. The van der Waals surface area contributed by atoms with E-state index in [9.17, 15) is 4.79 Å². The predicted molar refractivity (Wildman–Crippen MR) is 93.5 cm³/mol. The lowest BCUT2D eigenvalue weighted by atomic mass is 10.1. The number of hydrogen-bond donors (Lipinski definition) is 0. The monoisotopic (exact) mass is 313 g/mol. The van der Waals surface area contributed by atoms with E-state index < -0.39 is 0 Å². The normalized spacial score (nSPS) is 13.2. The molecule has 0 N–H and O–H groups in total. The Labute approximate surface area is 139 Å². The fourth-order valence-corrected chi connectivity index (χ4v) is 2.53. The van der Waals surface area contributed by atoms with Gasteiger partial charge in [-0.3, -0.25) is 4.79 Å². The minimum atomic E-state index is 0.277. The van der Waals surface area contributed by atoms with Gasteiger partial charge in [0, 0.05) is 31.4 Å². The number of benzene rings is 1. The first-order valence-electron chi connectivity index (χ1n) is 8.57. The first-order chi connectivity index (χ1) is 11.2. The maximum atomic E-state index is 12.3. The van der Waals surface area contributed by atoms with Crippen molar-refractivity contribution in [2.45, 2.75) is 47.1 Å². The highest BCUT2D eigenvalue weighted by Gasteiger charge is 2.32. The molecule has 1 aromatic heterocycles. The molecular weight excluding hydrogens is 286 g/mol. The van der Waals surface area contributed by atoms with Gasteiger partial charge in [-0.25, -0.2) is 4.68 Å². The zero-order valence-corrected chi connectivity index (χ0v) is 14.6. The molecule has 0 spiro atoms. The number of nitrogens with zero attached hydrogens (tertiary/aromatic N) is 3. The topological polar surface area (TPSA) is 38.1 Å². The molecule has 4 nitrogen and oxygen atoms in total. The van der Waals surface area contributed by atoms with Crippen LogP contribution in [0.1, 0.15) is 44.7 Å². The van der Waals surface area contributed by atoms with Crippen LogP contribution in [0.5, 0.6) is 0 Å². The van der Waals surface area contributed by atoms with Crippen LogP contribution in [-0.4, -0.2) is 27.1 Å². The lowest BCUT2D eigenvalue weighted by Gasteiger charge is -2.22. The third kappa shape index (κ3) is 4.21. The van der Waals surface area contributed by atoms with Crippen LogP contribution in [0.2, 0.25) is 0 Å².